The van der Waals surface area contributed by atoms with Gasteiger partial charge in [0.1, 0.15) is 6.42 Å². The Labute approximate surface area is 152 Å². The SMILES string of the molecule is Cc1noc(CC(=O)N2CC[C@@]3(C2)C(=O)N(C)C[C@H]3c2ccccc2)n1. The zero-order valence-corrected chi connectivity index (χ0v) is 15.0. The van der Waals surface area contributed by atoms with Crippen LogP contribution in [0.4, 0.5) is 0 Å². The molecule has 3 heterocycles. The van der Waals surface area contributed by atoms with Crippen molar-refractivity contribution in [3.05, 3.63) is 47.6 Å². The van der Waals surface area contributed by atoms with Crippen molar-refractivity contribution in [3.63, 3.8) is 0 Å². The molecular formula is C19H22N4O3. The first kappa shape index (κ1) is 16.8. The van der Waals surface area contributed by atoms with Crippen molar-refractivity contribution in [2.45, 2.75) is 25.7 Å². The van der Waals surface area contributed by atoms with Crippen molar-refractivity contribution in [2.75, 3.05) is 26.7 Å². The van der Waals surface area contributed by atoms with E-state index in [0.29, 0.717) is 37.8 Å². The molecule has 2 amide bonds. The molecule has 0 N–H and O–H groups in total. The molecule has 2 aromatic rings. The van der Waals surface area contributed by atoms with Gasteiger partial charge in [-0.2, -0.15) is 4.98 Å². The second-order valence-corrected chi connectivity index (χ2v) is 7.28. The summed E-state index contributed by atoms with van der Waals surface area (Å²) in [5.41, 5.74) is 0.628. The van der Waals surface area contributed by atoms with Crippen LogP contribution in [0.5, 0.6) is 0 Å². The summed E-state index contributed by atoms with van der Waals surface area (Å²) in [5, 5.41) is 3.72. The fourth-order valence-electron chi connectivity index (χ4n) is 4.33. The van der Waals surface area contributed by atoms with Crippen molar-refractivity contribution in [1.82, 2.24) is 19.9 Å². The van der Waals surface area contributed by atoms with Gasteiger partial charge in [-0.3, -0.25) is 9.59 Å². The van der Waals surface area contributed by atoms with E-state index in [1.54, 1.807) is 16.7 Å². The highest BCUT2D eigenvalue weighted by atomic mass is 16.5. The molecule has 2 fully saturated rings. The molecule has 7 nitrogen and oxygen atoms in total. The molecular weight excluding hydrogens is 332 g/mol. The maximum Gasteiger partial charge on any atom is 0.236 e. The summed E-state index contributed by atoms with van der Waals surface area (Å²) < 4.78 is 5.06. The normalized spacial score (nSPS) is 25.5. The average molecular weight is 354 g/mol. The second kappa shape index (κ2) is 6.23. The van der Waals surface area contributed by atoms with E-state index in [4.69, 9.17) is 4.52 Å². The number of aryl methyl sites for hydroxylation is 1. The zero-order chi connectivity index (χ0) is 18.3. The minimum absolute atomic E-state index is 0.0697. The number of benzene rings is 1. The average Bonchev–Trinajstić information content (AvgIpc) is 3.32. The number of hydrogen-bond acceptors (Lipinski definition) is 5. The fourth-order valence-corrected chi connectivity index (χ4v) is 4.33. The van der Waals surface area contributed by atoms with E-state index in [1.807, 2.05) is 25.2 Å². The van der Waals surface area contributed by atoms with E-state index >= 15 is 0 Å². The number of nitrogens with zero attached hydrogens (tertiary/aromatic N) is 4. The summed E-state index contributed by atoms with van der Waals surface area (Å²) in [4.78, 5) is 33.3. The van der Waals surface area contributed by atoms with Crippen LogP contribution in [0.25, 0.3) is 0 Å². The molecule has 0 radical (unpaired) electrons. The standard InChI is InChI=1S/C19H22N4O3/c1-13-20-16(26-21-13)10-17(24)23-9-8-19(12-23)15(11-22(2)18(19)25)14-6-4-3-5-7-14/h3-7,15H,8-12H2,1-2H3/t15-,19-/m0/s1. The third-order valence-corrected chi connectivity index (χ3v) is 5.62. The van der Waals surface area contributed by atoms with Gasteiger partial charge in [-0.25, -0.2) is 0 Å². The summed E-state index contributed by atoms with van der Waals surface area (Å²) in [6, 6.07) is 10.1. The second-order valence-electron chi connectivity index (χ2n) is 7.28. The lowest BCUT2D eigenvalue weighted by Crippen LogP contribution is -2.39. The molecule has 2 aliphatic rings. The van der Waals surface area contributed by atoms with Crippen molar-refractivity contribution < 1.29 is 14.1 Å². The van der Waals surface area contributed by atoms with Crippen LogP contribution >= 0.6 is 0 Å². The van der Waals surface area contributed by atoms with E-state index in [-0.39, 0.29) is 24.2 Å². The maximum atomic E-state index is 13.0. The number of carbonyl (C=O) groups excluding carboxylic acids is 2. The Morgan fingerprint density at radius 3 is 2.81 bits per heavy atom. The number of aromatic nitrogens is 2. The maximum absolute atomic E-state index is 13.0. The topological polar surface area (TPSA) is 79.5 Å². The monoisotopic (exact) mass is 354 g/mol. The highest BCUT2D eigenvalue weighted by Crippen LogP contribution is 2.49. The highest BCUT2D eigenvalue weighted by Gasteiger charge is 2.57. The highest BCUT2D eigenvalue weighted by molar-refractivity contribution is 5.89. The van der Waals surface area contributed by atoms with Gasteiger partial charge in [-0.1, -0.05) is 35.5 Å². The van der Waals surface area contributed by atoms with Crippen molar-refractivity contribution in [1.29, 1.82) is 0 Å². The van der Waals surface area contributed by atoms with E-state index in [2.05, 4.69) is 22.3 Å². The molecule has 1 aromatic heterocycles. The fraction of sp³-hybridized carbons (Fsp3) is 0.474. The van der Waals surface area contributed by atoms with Gasteiger partial charge >= 0.3 is 0 Å². The lowest BCUT2D eigenvalue weighted by Gasteiger charge is -2.28. The molecule has 4 rings (SSSR count). The van der Waals surface area contributed by atoms with Crippen molar-refractivity contribution in [2.24, 2.45) is 5.41 Å². The van der Waals surface area contributed by atoms with Gasteiger partial charge in [-0.05, 0) is 18.9 Å². The number of hydrogen-bond donors (Lipinski definition) is 0. The number of likely N-dealkylation sites (tertiary alicyclic amines) is 2. The Hall–Kier alpha value is -2.70. The zero-order valence-electron chi connectivity index (χ0n) is 15.0. The smallest absolute Gasteiger partial charge is 0.236 e. The molecule has 0 saturated carbocycles. The molecule has 0 bridgehead atoms. The van der Waals surface area contributed by atoms with Gasteiger partial charge < -0.3 is 14.3 Å². The first-order valence-corrected chi connectivity index (χ1v) is 8.87. The Bertz CT molecular complexity index is 834. The van der Waals surface area contributed by atoms with Gasteiger partial charge in [0.05, 0.1) is 5.41 Å². The van der Waals surface area contributed by atoms with E-state index in [1.165, 1.54) is 0 Å². The number of rotatable bonds is 3. The van der Waals surface area contributed by atoms with E-state index in [0.717, 1.165) is 5.56 Å². The molecule has 1 aromatic carbocycles. The van der Waals surface area contributed by atoms with Crippen molar-refractivity contribution >= 4 is 11.8 Å². The Morgan fingerprint density at radius 1 is 1.35 bits per heavy atom. The molecule has 136 valence electrons. The molecule has 2 aliphatic heterocycles. The summed E-state index contributed by atoms with van der Waals surface area (Å²) in [6.45, 7) is 3.43. The predicted molar refractivity (Wildman–Crippen MR) is 93.2 cm³/mol. The van der Waals surface area contributed by atoms with E-state index in [9.17, 15) is 9.59 Å². The van der Waals surface area contributed by atoms with Gasteiger partial charge in [-0.15, -0.1) is 0 Å². The van der Waals surface area contributed by atoms with Gasteiger partial charge in [0, 0.05) is 32.6 Å². The van der Waals surface area contributed by atoms with Crippen LogP contribution < -0.4 is 0 Å². The number of likely N-dealkylation sites (N-methyl/N-ethyl adjacent to an activating group) is 1. The number of carbonyl (C=O) groups is 2. The predicted octanol–water partition coefficient (Wildman–Crippen LogP) is 1.40. The molecule has 26 heavy (non-hydrogen) atoms. The van der Waals surface area contributed by atoms with Crippen LogP contribution in [0.15, 0.2) is 34.9 Å². The number of amides is 2. The largest absolute Gasteiger partial charge is 0.345 e. The van der Waals surface area contributed by atoms with Crippen LogP contribution in [-0.4, -0.2) is 58.4 Å². The summed E-state index contributed by atoms with van der Waals surface area (Å²) in [6.07, 6.45) is 0.765. The third-order valence-electron chi connectivity index (χ3n) is 5.62. The Kier molecular flexibility index (Phi) is 4.01. The summed E-state index contributed by atoms with van der Waals surface area (Å²) in [5.74, 6) is 1.00. The molecule has 0 unspecified atom stereocenters. The van der Waals surface area contributed by atoms with E-state index < -0.39 is 5.41 Å². The Morgan fingerprint density at radius 2 is 2.12 bits per heavy atom. The van der Waals surface area contributed by atoms with Crippen LogP contribution in [0, 0.1) is 12.3 Å². The van der Waals surface area contributed by atoms with Gasteiger partial charge in [0.25, 0.3) is 0 Å². The molecule has 0 aliphatic carbocycles. The van der Waals surface area contributed by atoms with Crippen molar-refractivity contribution in [3.8, 4) is 0 Å². The third kappa shape index (κ3) is 2.67. The first-order valence-electron chi connectivity index (χ1n) is 8.87. The van der Waals surface area contributed by atoms with Crippen LogP contribution in [-0.2, 0) is 16.0 Å². The quantitative estimate of drug-likeness (QED) is 0.832. The van der Waals surface area contributed by atoms with Crippen LogP contribution in [0.3, 0.4) is 0 Å². The lowest BCUT2D eigenvalue weighted by atomic mass is 9.73. The molecule has 1 spiro atoms. The Balaban J connectivity index is 1.56. The summed E-state index contributed by atoms with van der Waals surface area (Å²) in [7, 11) is 1.85. The molecule has 2 saturated heterocycles. The summed E-state index contributed by atoms with van der Waals surface area (Å²) >= 11 is 0. The molecule has 2 atom stereocenters. The van der Waals surface area contributed by atoms with Gasteiger partial charge in [0.2, 0.25) is 17.7 Å². The van der Waals surface area contributed by atoms with Crippen LogP contribution in [0.1, 0.15) is 29.6 Å². The minimum Gasteiger partial charge on any atom is -0.345 e. The minimum atomic E-state index is -0.531. The lowest BCUT2D eigenvalue weighted by molar-refractivity contribution is -0.135. The van der Waals surface area contributed by atoms with Crippen LogP contribution in [0.2, 0.25) is 0 Å². The van der Waals surface area contributed by atoms with Gasteiger partial charge in [0.15, 0.2) is 5.82 Å². The molecule has 7 heteroatoms. The first-order chi connectivity index (χ1) is 12.5.